The quantitative estimate of drug-likeness (QED) is 0.0998. The zero-order chi connectivity index (χ0) is 41.7. The number of rotatable bonds is 13. The molecule has 0 aliphatic rings. The topological polar surface area (TPSA) is 105 Å². The summed E-state index contributed by atoms with van der Waals surface area (Å²) in [6.45, 7) is 14.8. The molecule has 0 unspecified atom stereocenters. The van der Waals surface area contributed by atoms with Gasteiger partial charge in [-0.25, -0.2) is 19.3 Å². The summed E-state index contributed by atoms with van der Waals surface area (Å²) in [7, 11) is 0. The van der Waals surface area contributed by atoms with E-state index in [4.69, 9.17) is 0 Å². The standard InChI is InChI=1S/C17H19N3.C14H16F3N3O.C13H16FN3/c1-13(2)20(11-16-10-18-12-19-16)17-8-7-14-5-3-4-6-15(14)9-17;1-10(2)20(8-11-7-18-9-19-11)12-3-5-13(6-4-12)21-14(15,16)17;1-10(2)17(8-12-7-15-9-16-12)13-5-3-11(14)4-6-13/h3-10,12-13H,11H2,1-2H3,(H,18,19);3-7,9-10H,8H2,1-2H3,(H,18,19);3-7,9-10H,8H2,1-2H3,(H,15,16). The highest BCUT2D eigenvalue weighted by Gasteiger charge is 2.31. The highest BCUT2D eigenvalue weighted by atomic mass is 19.4. The van der Waals surface area contributed by atoms with Gasteiger partial charge in [0.1, 0.15) is 11.6 Å². The SMILES string of the molecule is CC(C)N(Cc1cnc[nH]1)c1ccc(F)cc1.CC(C)N(Cc1cnc[nH]1)c1ccc(OC(F)(F)F)cc1.CC(C)N(Cc1cnc[nH]1)c1ccc2ccccc2c1. The Hall–Kier alpha value is -6.31. The number of alkyl halides is 3. The van der Waals surface area contributed by atoms with Crippen LogP contribution in [0.2, 0.25) is 0 Å². The Morgan fingerprint density at radius 2 is 0.931 bits per heavy atom. The first-order chi connectivity index (χ1) is 27.8. The van der Waals surface area contributed by atoms with Gasteiger partial charge in [-0.3, -0.25) is 0 Å². The number of aromatic nitrogens is 6. The highest BCUT2D eigenvalue weighted by Crippen LogP contribution is 2.28. The number of halogens is 4. The molecule has 0 aliphatic heterocycles. The molecule has 306 valence electrons. The van der Waals surface area contributed by atoms with Crippen molar-refractivity contribution in [2.24, 2.45) is 0 Å². The second-order valence-corrected chi connectivity index (χ2v) is 14.4. The van der Waals surface area contributed by atoms with E-state index in [9.17, 15) is 17.6 Å². The Morgan fingerprint density at radius 1 is 0.534 bits per heavy atom. The normalized spacial score (nSPS) is 11.3. The average molecular weight is 798 g/mol. The summed E-state index contributed by atoms with van der Waals surface area (Å²) in [6, 6.07) is 28.5. The molecule has 3 heterocycles. The van der Waals surface area contributed by atoms with Crippen molar-refractivity contribution in [1.82, 2.24) is 29.9 Å². The van der Waals surface area contributed by atoms with Crippen LogP contribution in [-0.2, 0) is 19.6 Å². The smallest absolute Gasteiger partial charge is 0.406 e. The molecule has 3 N–H and O–H groups in total. The number of imidazole rings is 3. The fourth-order valence-electron chi connectivity index (χ4n) is 6.21. The predicted molar refractivity (Wildman–Crippen MR) is 223 cm³/mol. The van der Waals surface area contributed by atoms with E-state index in [0.717, 1.165) is 41.5 Å². The second kappa shape index (κ2) is 20.2. The van der Waals surface area contributed by atoms with Crippen molar-refractivity contribution in [3.05, 3.63) is 151 Å². The number of nitrogens with zero attached hydrogens (tertiary/aromatic N) is 6. The lowest BCUT2D eigenvalue weighted by Gasteiger charge is -2.28. The van der Waals surface area contributed by atoms with E-state index in [1.54, 1.807) is 55.6 Å². The number of hydrogen-bond acceptors (Lipinski definition) is 7. The monoisotopic (exact) mass is 797 g/mol. The lowest BCUT2D eigenvalue weighted by Crippen LogP contribution is -2.30. The van der Waals surface area contributed by atoms with Gasteiger partial charge in [0.15, 0.2) is 0 Å². The van der Waals surface area contributed by atoms with Gasteiger partial charge in [0.05, 0.1) is 55.7 Å². The molecule has 14 heteroatoms. The molecule has 58 heavy (non-hydrogen) atoms. The van der Waals surface area contributed by atoms with Gasteiger partial charge in [0.2, 0.25) is 0 Å². The molecular weight excluding hydrogens is 747 g/mol. The number of fused-ring (bicyclic) bond motifs is 1. The van der Waals surface area contributed by atoms with Gasteiger partial charge in [0, 0.05) is 53.8 Å². The number of benzene rings is 4. The maximum Gasteiger partial charge on any atom is 0.573 e. The van der Waals surface area contributed by atoms with Crippen LogP contribution in [0.4, 0.5) is 34.6 Å². The van der Waals surface area contributed by atoms with E-state index in [2.05, 4.69) is 115 Å². The third-order valence-electron chi connectivity index (χ3n) is 9.18. The van der Waals surface area contributed by atoms with Crippen LogP contribution in [0.5, 0.6) is 5.75 Å². The Bertz CT molecular complexity index is 2190. The van der Waals surface area contributed by atoms with E-state index in [1.165, 1.54) is 40.7 Å². The van der Waals surface area contributed by atoms with Gasteiger partial charge in [-0.2, -0.15) is 0 Å². The number of aromatic amines is 3. The zero-order valence-electron chi connectivity index (χ0n) is 33.6. The van der Waals surface area contributed by atoms with Gasteiger partial charge in [-0.15, -0.1) is 13.2 Å². The van der Waals surface area contributed by atoms with Crippen LogP contribution in [0.3, 0.4) is 0 Å². The largest absolute Gasteiger partial charge is 0.573 e. The first-order valence-electron chi connectivity index (χ1n) is 19.1. The molecule has 0 amide bonds. The maximum atomic E-state index is 12.9. The summed E-state index contributed by atoms with van der Waals surface area (Å²) >= 11 is 0. The van der Waals surface area contributed by atoms with Gasteiger partial charge in [-0.05, 0) is 113 Å². The first-order valence-corrected chi connectivity index (χ1v) is 19.1. The summed E-state index contributed by atoms with van der Waals surface area (Å²) in [4.78, 5) is 27.9. The molecule has 7 rings (SSSR count). The summed E-state index contributed by atoms with van der Waals surface area (Å²) in [6.07, 6.45) is 5.72. The van der Waals surface area contributed by atoms with E-state index in [-0.39, 0.29) is 17.6 Å². The highest BCUT2D eigenvalue weighted by molar-refractivity contribution is 5.85. The predicted octanol–water partition coefficient (Wildman–Crippen LogP) is 10.7. The van der Waals surface area contributed by atoms with Crippen LogP contribution in [0, 0.1) is 5.82 Å². The molecule has 0 atom stereocenters. The third-order valence-corrected chi connectivity index (χ3v) is 9.18. The lowest BCUT2D eigenvalue weighted by molar-refractivity contribution is -0.274. The number of nitrogens with one attached hydrogen (secondary N) is 3. The fourth-order valence-corrected chi connectivity index (χ4v) is 6.21. The minimum atomic E-state index is -4.67. The van der Waals surface area contributed by atoms with Crippen molar-refractivity contribution in [3.63, 3.8) is 0 Å². The minimum Gasteiger partial charge on any atom is -0.406 e. The van der Waals surface area contributed by atoms with E-state index in [0.29, 0.717) is 18.6 Å². The summed E-state index contributed by atoms with van der Waals surface area (Å²) < 4.78 is 53.2. The van der Waals surface area contributed by atoms with E-state index >= 15 is 0 Å². The molecule has 4 aromatic carbocycles. The van der Waals surface area contributed by atoms with Gasteiger partial charge in [0.25, 0.3) is 0 Å². The molecule has 0 saturated heterocycles. The van der Waals surface area contributed by atoms with Crippen molar-refractivity contribution in [3.8, 4) is 5.75 Å². The van der Waals surface area contributed by atoms with Crippen molar-refractivity contribution < 1.29 is 22.3 Å². The Labute approximate surface area is 336 Å². The van der Waals surface area contributed by atoms with Crippen molar-refractivity contribution in [2.75, 3.05) is 14.7 Å². The summed E-state index contributed by atoms with van der Waals surface area (Å²) in [5.41, 5.74) is 6.17. The maximum absolute atomic E-state index is 12.9. The molecule has 0 aliphatic carbocycles. The van der Waals surface area contributed by atoms with Crippen molar-refractivity contribution in [2.45, 2.75) is 85.7 Å². The molecule has 10 nitrogen and oxygen atoms in total. The number of H-pyrrole nitrogens is 3. The van der Waals surface area contributed by atoms with E-state index < -0.39 is 6.36 Å². The second-order valence-electron chi connectivity index (χ2n) is 14.4. The molecule has 7 aromatic rings. The Balaban J connectivity index is 0.000000167. The van der Waals surface area contributed by atoms with Crippen LogP contribution < -0.4 is 19.4 Å². The van der Waals surface area contributed by atoms with E-state index in [1.807, 2.05) is 24.9 Å². The van der Waals surface area contributed by atoms with Gasteiger partial charge >= 0.3 is 6.36 Å². The molecule has 0 fully saturated rings. The first kappa shape index (κ1) is 42.8. The van der Waals surface area contributed by atoms with Crippen LogP contribution >= 0.6 is 0 Å². The lowest BCUT2D eigenvalue weighted by atomic mass is 10.1. The van der Waals surface area contributed by atoms with Crippen LogP contribution in [-0.4, -0.2) is 54.4 Å². The van der Waals surface area contributed by atoms with Crippen molar-refractivity contribution in [1.29, 1.82) is 0 Å². The van der Waals surface area contributed by atoms with Crippen LogP contribution in [0.15, 0.2) is 129 Å². The van der Waals surface area contributed by atoms with Gasteiger partial charge < -0.3 is 34.4 Å². The summed E-state index contributed by atoms with van der Waals surface area (Å²) in [5, 5.41) is 2.56. The molecule has 0 bridgehead atoms. The molecule has 0 radical (unpaired) electrons. The van der Waals surface area contributed by atoms with Crippen LogP contribution in [0.25, 0.3) is 10.8 Å². The number of anilines is 3. The van der Waals surface area contributed by atoms with Gasteiger partial charge in [-0.1, -0.05) is 30.3 Å². The Morgan fingerprint density at radius 3 is 1.33 bits per heavy atom. The zero-order valence-corrected chi connectivity index (χ0v) is 33.6. The molecule has 0 spiro atoms. The summed E-state index contributed by atoms with van der Waals surface area (Å²) in [5.74, 6) is -0.435. The fraction of sp³-hybridized carbons (Fsp3) is 0.295. The molecule has 3 aromatic heterocycles. The molecular formula is C44H51F4N9O. The average Bonchev–Trinajstić information content (AvgIpc) is 4.01. The molecule has 0 saturated carbocycles. The number of ether oxygens (including phenoxy) is 1. The Kier molecular flexibility index (Phi) is 14.9. The van der Waals surface area contributed by atoms with Crippen molar-refractivity contribution >= 4 is 27.8 Å². The minimum absolute atomic E-state index is 0.183. The number of hydrogen-bond donors (Lipinski definition) is 3. The third kappa shape index (κ3) is 12.9. The van der Waals surface area contributed by atoms with Crippen LogP contribution in [0.1, 0.15) is 58.6 Å².